The molecule has 9 heteroatoms. The lowest BCUT2D eigenvalue weighted by atomic mass is 10.0. The van der Waals surface area contributed by atoms with E-state index in [-0.39, 0.29) is 12.5 Å². The SMILES string of the molecule is CS(=O)(=O)NCC1CCCN(S(=O)(=O)CCl)C1. The van der Waals surface area contributed by atoms with Crippen molar-refractivity contribution in [2.24, 2.45) is 5.92 Å². The van der Waals surface area contributed by atoms with Crippen LogP contribution in [0.15, 0.2) is 0 Å². The summed E-state index contributed by atoms with van der Waals surface area (Å²) in [6, 6.07) is 0. The normalized spacial score (nSPS) is 23.8. The molecular weight excluding hydrogens is 288 g/mol. The second kappa shape index (κ2) is 5.83. The Morgan fingerprint density at radius 3 is 2.53 bits per heavy atom. The van der Waals surface area contributed by atoms with Crippen LogP contribution in [0.25, 0.3) is 0 Å². The fourth-order valence-electron chi connectivity index (χ4n) is 1.78. The molecule has 17 heavy (non-hydrogen) atoms. The van der Waals surface area contributed by atoms with Gasteiger partial charge in [0.25, 0.3) is 0 Å². The zero-order chi connectivity index (χ0) is 13.1. The molecule has 0 aromatic heterocycles. The standard InChI is InChI=1S/C8H17ClN2O4S2/c1-16(12,13)10-5-8-3-2-4-11(6-8)17(14,15)7-9/h8,10H,2-7H2,1H3. The topological polar surface area (TPSA) is 83.6 Å². The number of hydrogen-bond donors (Lipinski definition) is 1. The molecule has 0 aromatic rings. The maximum atomic E-state index is 11.6. The molecule has 0 amide bonds. The average Bonchev–Trinajstić information content (AvgIpc) is 2.26. The minimum absolute atomic E-state index is 0.0106. The number of hydrogen-bond acceptors (Lipinski definition) is 4. The molecule has 1 N–H and O–H groups in total. The molecule has 0 saturated carbocycles. The molecule has 1 aliphatic rings. The van der Waals surface area contributed by atoms with E-state index in [0.717, 1.165) is 19.1 Å². The summed E-state index contributed by atoms with van der Waals surface area (Å²) < 4.78 is 48.7. The monoisotopic (exact) mass is 304 g/mol. The zero-order valence-electron chi connectivity index (χ0n) is 9.59. The fraction of sp³-hybridized carbons (Fsp3) is 1.00. The van der Waals surface area contributed by atoms with Crippen molar-refractivity contribution >= 4 is 31.6 Å². The minimum Gasteiger partial charge on any atom is -0.215 e. The van der Waals surface area contributed by atoms with E-state index in [9.17, 15) is 16.8 Å². The summed E-state index contributed by atoms with van der Waals surface area (Å²) >= 11 is 5.38. The maximum absolute atomic E-state index is 11.6. The maximum Gasteiger partial charge on any atom is 0.228 e. The van der Waals surface area contributed by atoms with Crippen LogP contribution in [0.2, 0.25) is 0 Å². The largest absolute Gasteiger partial charge is 0.228 e. The van der Waals surface area contributed by atoms with Gasteiger partial charge in [-0.05, 0) is 18.8 Å². The van der Waals surface area contributed by atoms with Gasteiger partial charge in [-0.15, -0.1) is 11.6 Å². The highest BCUT2D eigenvalue weighted by Gasteiger charge is 2.28. The first kappa shape index (κ1) is 15.2. The Labute approximate surface area is 107 Å². The number of nitrogens with one attached hydrogen (secondary N) is 1. The van der Waals surface area contributed by atoms with Gasteiger partial charge in [0.2, 0.25) is 20.0 Å². The predicted molar refractivity (Wildman–Crippen MR) is 66.8 cm³/mol. The van der Waals surface area contributed by atoms with E-state index in [4.69, 9.17) is 11.6 Å². The van der Waals surface area contributed by atoms with E-state index >= 15 is 0 Å². The van der Waals surface area contributed by atoms with Gasteiger partial charge in [-0.25, -0.2) is 25.9 Å². The summed E-state index contributed by atoms with van der Waals surface area (Å²) in [4.78, 5) is 0. The lowest BCUT2D eigenvalue weighted by molar-refractivity contribution is 0.268. The van der Waals surface area contributed by atoms with Crippen LogP contribution in [0.3, 0.4) is 0 Å². The Hall–Kier alpha value is 0.110. The highest BCUT2D eigenvalue weighted by Crippen LogP contribution is 2.19. The third kappa shape index (κ3) is 5.09. The molecule has 0 aliphatic carbocycles. The third-order valence-corrected chi connectivity index (χ3v) is 5.56. The number of rotatable bonds is 5. The van der Waals surface area contributed by atoms with Gasteiger partial charge in [-0.2, -0.15) is 0 Å². The van der Waals surface area contributed by atoms with Crippen molar-refractivity contribution in [1.29, 1.82) is 0 Å². The van der Waals surface area contributed by atoms with E-state index in [1.54, 1.807) is 0 Å². The van der Waals surface area contributed by atoms with Gasteiger partial charge in [0, 0.05) is 19.6 Å². The molecule has 1 aliphatic heterocycles. The Morgan fingerprint density at radius 2 is 2.00 bits per heavy atom. The summed E-state index contributed by atoms with van der Waals surface area (Å²) in [5, 5.41) is -0.431. The Kier molecular flexibility index (Phi) is 5.21. The molecule has 0 aromatic carbocycles. The number of sulfonamides is 2. The molecule has 1 rings (SSSR count). The molecule has 1 unspecified atom stereocenters. The van der Waals surface area contributed by atoms with Crippen molar-refractivity contribution in [3.05, 3.63) is 0 Å². The molecule has 0 spiro atoms. The summed E-state index contributed by atoms with van der Waals surface area (Å²) in [7, 11) is -6.61. The van der Waals surface area contributed by atoms with Gasteiger partial charge in [0.1, 0.15) is 5.21 Å². The van der Waals surface area contributed by atoms with Crippen LogP contribution in [0, 0.1) is 5.92 Å². The summed E-state index contributed by atoms with van der Waals surface area (Å²) in [5.41, 5.74) is 0. The van der Waals surface area contributed by atoms with Crippen molar-refractivity contribution in [1.82, 2.24) is 9.03 Å². The van der Waals surface area contributed by atoms with Crippen molar-refractivity contribution in [2.45, 2.75) is 12.8 Å². The van der Waals surface area contributed by atoms with Gasteiger partial charge in [0.05, 0.1) is 6.26 Å². The first-order valence-electron chi connectivity index (χ1n) is 5.23. The zero-order valence-corrected chi connectivity index (χ0v) is 12.0. The smallest absolute Gasteiger partial charge is 0.215 e. The summed E-state index contributed by atoms with van der Waals surface area (Å²) in [6.07, 6.45) is 2.63. The van der Waals surface area contributed by atoms with Crippen LogP contribution < -0.4 is 4.72 Å². The molecule has 6 nitrogen and oxygen atoms in total. The van der Waals surface area contributed by atoms with Crippen LogP contribution in [0.4, 0.5) is 0 Å². The number of piperidine rings is 1. The highest BCUT2D eigenvalue weighted by atomic mass is 35.5. The number of nitrogens with zero attached hydrogens (tertiary/aromatic N) is 1. The number of alkyl halides is 1. The van der Waals surface area contributed by atoms with Gasteiger partial charge in [-0.1, -0.05) is 0 Å². The first-order valence-corrected chi connectivity index (χ1v) is 9.26. The number of halogens is 1. The van der Waals surface area contributed by atoms with Crippen molar-refractivity contribution in [2.75, 3.05) is 31.1 Å². The third-order valence-electron chi connectivity index (χ3n) is 2.65. The van der Waals surface area contributed by atoms with Gasteiger partial charge < -0.3 is 0 Å². The molecule has 1 fully saturated rings. The lowest BCUT2D eigenvalue weighted by Gasteiger charge is -2.31. The van der Waals surface area contributed by atoms with E-state index in [0.29, 0.717) is 13.1 Å². The van der Waals surface area contributed by atoms with Crippen molar-refractivity contribution in [3.63, 3.8) is 0 Å². The van der Waals surface area contributed by atoms with E-state index < -0.39 is 25.3 Å². The molecule has 0 radical (unpaired) electrons. The first-order chi connectivity index (χ1) is 7.74. The van der Waals surface area contributed by atoms with Crippen LogP contribution in [0.5, 0.6) is 0 Å². The van der Waals surface area contributed by atoms with Crippen molar-refractivity contribution in [3.8, 4) is 0 Å². The molecule has 102 valence electrons. The fourth-order valence-corrected chi connectivity index (χ4v) is 3.72. The van der Waals surface area contributed by atoms with Crippen molar-refractivity contribution < 1.29 is 16.8 Å². The lowest BCUT2D eigenvalue weighted by Crippen LogP contribution is -2.43. The van der Waals surface area contributed by atoms with E-state index in [1.165, 1.54) is 4.31 Å². The molecular formula is C8H17ClN2O4S2. The summed E-state index contributed by atoms with van der Waals surface area (Å²) in [6.45, 7) is 1.06. The van der Waals surface area contributed by atoms with Crippen LogP contribution in [-0.4, -0.2) is 52.2 Å². The van der Waals surface area contributed by atoms with Crippen LogP contribution >= 0.6 is 11.6 Å². The van der Waals surface area contributed by atoms with E-state index in [2.05, 4.69) is 4.72 Å². The van der Waals surface area contributed by atoms with E-state index in [1.807, 2.05) is 0 Å². The Morgan fingerprint density at radius 1 is 1.35 bits per heavy atom. The molecule has 1 atom stereocenters. The van der Waals surface area contributed by atoms with Crippen LogP contribution in [-0.2, 0) is 20.0 Å². The molecule has 1 heterocycles. The second-order valence-corrected chi connectivity index (χ2v) is 8.59. The van der Waals surface area contributed by atoms with Gasteiger partial charge in [0.15, 0.2) is 0 Å². The molecule has 0 bridgehead atoms. The Bertz CT molecular complexity index is 448. The summed E-state index contributed by atoms with van der Waals surface area (Å²) in [5.74, 6) is 0.0106. The minimum atomic E-state index is -3.39. The highest BCUT2D eigenvalue weighted by molar-refractivity contribution is 7.90. The molecule has 1 saturated heterocycles. The van der Waals surface area contributed by atoms with Crippen LogP contribution in [0.1, 0.15) is 12.8 Å². The van der Waals surface area contributed by atoms with Gasteiger partial charge >= 0.3 is 0 Å². The predicted octanol–water partition coefficient (Wildman–Crippen LogP) is -0.226. The second-order valence-electron chi connectivity index (χ2n) is 4.21. The average molecular weight is 305 g/mol. The van der Waals surface area contributed by atoms with Gasteiger partial charge in [-0.3, -0.25) is 0 Å². The quantitative estimate of drug-likeness (QED) is 0.711. The Balaban J connectivity index is 2.56.